The fourth-order valence-corrected chi connectivity index (χ4v) is 3.10. The van der Waals surface area contributed by atoms with Crippen molar-refractivity contribution >= 4 is 0 Å². The first-order valence-electron chi connectivity index (χ1n) is 8.46. The van der Waals surface area contributed by atoms with Gasteiger partial charge < -0.3 is 10.1 Å². The van der Waals surface area contributed by atoms with E-state index in [0.717, 1.165) is 31.5 Å². The van der Waals surface area contributed by atoms with Gasteiger partial charge in [0, 0.05) is 13.1 Å². The van der Waals surface area contributed by atoms with Crippen molar-refractivity contribution < 1.29 is 4.74 Å². The van der Waals surface area contributed by atoms with Crippen LogP contribution in [0.2, 0.25) is 0 Å². The Bertz CT molecular complexity index is 225. The lowest BCUT2D eigenvalue weighted by atomic mass is 9.90. The maximum absolute atomic E-state index is 5.63. The van der Waals surface area contributed by atoms with Crippen molar-refractivity contribution in [1.29, 1.82) is 0 Å². The van der Waals surface area contributed by atoms with Gasteiger partial charge in [-0.3, -0.25) is 0 Å². The second-order valence-electron chi connectivity index (χ2n) is 6.80. The fraction of sp³-hybridized carbons (Fsp3) is 1.00. The monoisotopic (exact) mass is 269 g/mol. The summed E-state index contributed by atoms with van der Waals surface area (Å²) in [4.78, 5) is 0. The molecule has 0 aromatic rings. The minimum Gasteiger partial charge on any atom is -0.372 e. The predicted molar refractivity (Wildman–Crippen MR) is 83.5 cm³/mol. The van der Waals surface area contributed by atoms with Crippen molar-refractivity contribution in [2.45, 2.75) is 78.2 Å². The van der Waals surface area contributed by atoms with E-state index < -0.39 is 0 Å². The zero-order chi connectivity index (χ0) is 14.1. The van der Waals surface area contributed by atoms with Crippen LogP contribution in [0.1, 0.15) is 72.6 Å². The number of ether oxygens (including phenoxy) is 1. The molecule has 1 spiro atoms. The third kappa shape index (κ3) is 6.27. The Kier molecular flexibility index (Phi) is 8.01. The molecule has 2 atom stereocenters. The number of unbranched alkanes of at least 4 members (excludes halogenated alkanes) is 2. The molecule has 2 aliphatic rings. The topological polar surface area (TPSA) is 21.3 Å². The maximum Gasteiger partial charge on any atom is 0.0933 e. The zero-order valence-electron chi connectivity index (χ0n) is 13.6. The van der Waals surface area contributed by atoms with E-state index in [2.05, 4.69) is 33.0 Å². The van der Waals surface area contributed by atoms with Crippen LogP contribution in [0.3, 0.4) is 0 Å². The summed E-state index contributed by atoms with van der Waals surface area (Å²) >= 11 is 0. The molecule has 0 aromatic heterocycles. The van der Waals surface area contributed by atoms with Gasteiger partial charge in [-0.2, -0.15) is 0 Å². The van der Waals surface area contributed by atoms with Crippen LogP contribution in [0.25, 0.3) is 0 Å². The van der Waals surface area contributed by atoms with Crippen LogP contribution in [0.4, 0.5) is 0 Å². The largest absolute Gasteiger partial charge is 0.372 e. The molecule has 2 nitrogen and oxygen atoms in total. The molecule has 2 heteroatoms. The molecular formula is C17H35NO. The van der Waals surface area contributed by atoms with Gasteiger partial charge in [-0.25, -0.2) is 0 Å². The maximum atomic E-state index is 5.63. The highest BCUT2D eigenvalue weighted by Gasteiger charge is 2.43. The number of hydrogen-bond donors (Lipinski definition) is 1. The predicted octanol–water partition coefficient (Wildman–Crippen LogP) is 4.39. The molecule has 0 radical (unpaired) electrons. The molecule has 2 aliphatic heterocycles. The van der Waals surface area contributed by atoms with E-state index >= 15 is 0 Å². The molecule has 2 rings (SSSR count). The molecule has 0 saturated carbocycles. The van der Waals surface area contributed by atoms with Crippen molar-refractivity contribution in [3.05, 3.63) is 0 Å². The molecule has 2 heterocycles. The average molecular weight is 269 g/mol. The second-order valence-corrected chi connectivity index (χ2v) is 6.80. The van der Waals surface area contributed by atoms with E-state index in [4.69, 9.17) is 4.74 Å². The van der Waals surface area contributed by atoms with Crippen LogP contribution in [0.5, 0.6) is 0 Å². The summed E-state index contributed by atoms with van der Waals surface area (Å²) in [6.07, 6.45) is 9.71. The van der Waals surface area contributed by atoms with E-state index in [0.29, 0.717) is 0 Å². The van der Waals surface area contributed by atoms with E-state index in [9.17, 15) is 0 Å². The van der Waals surface area contributed by atoms with Crippen molar-refractivity contribution in [1.82, 2.24) is 5.32 Å². The van der Waals surface area contributed by atoms with Gasteiger partial charge in [-0.15, -0.1) is 0 Å². The summed E-state index contributed by atoms with van der Waals surface area (Å²) in [5.41, 5.74) is 0.277. The summed E-state index contributed by atoms with van der Waals surface area (Å²) in [7, 11) is 0. The van der Waals surface area contributed by atoms with Gasteiger partial charge in [0.25, 0.3) is 0 Å². The SMILES string of the molecule is CC1COC2(CNC2)C1.CCCCCC(C)CCC. The molecule has 2 saturated heterocycles. The lowest BCUT2D eigenvalue weighted by molar-refractivity contribution is -0.0362. The summed E-state index contributed by atoms with van der Waals surface area (Å²) < 4.78 is 5.63. The van der Waals surface area contributed by atoms with Gasteiger partial charge in [-0.1, -0.05) is 66.2 Å². The summed E-state index contributed by atoms with van der Waals surface area (Å²) in [6, 6.07) is 0. The third-order valence-electron chi connectivity index (χ3n) is 4.37. The Balaban J connectivity index is 0.000000190. The third-order valence-corrected chi connectivity index (χ3v) is 4.37. The molecule has 1 N–H and O–H groups in total. The average Bonchev–Trinajstić information content (AvgIpc) is 2.73. The Labute approximate surface area is 120 Å². The van der Waals surface area contributed by atoms with Crippen LogP contribution in [-0.4, -0.2) is 25.3 Å². The van der Waals surface area contributed by atoms with Gasteiger partial charge in [-0.05, 0) is 18.3 Å². The van der Waals surface area contributed by atoms with Gasteiger partial charge in [0.1, 0.15) is 0 Å². The minimum absolute atomic E-state index is 0.277. The van der Waals surface area contributed by atoms with Crippen molar-refractivity contribution in [2.75, 3.05) is 19.7 Å². The normalized spacial score (nSPS) is 25.6. The second kappa shape index (κ2) is 8.97. The Hall–Kier alpha value is -0.0800. The van der Waals surface area contributed by atoms with E-state index in [-0.39, 0.29) is 5.60 Å². The van der Waals surface area contributed by atoms with E-state index in [1.54, 1.807) is 0 Å². The van der Waals surface area contributed by atoms with Crippen LogP contribution in [0.15, 0.2) is 0 Å². The number of hydrogen-bond acceptors (Lipinski definition) is 2. The highest BCUT2D eigenvalue weighted by atomic mass is 16.5. The van der Waals surface area contributed by atoms with E-state index in [1.807, 2.05) is 0 Å². The first-order valence-corrected chi connectivity index (χ1v) is 8.46. The highest BCUT2D eigenvalue weighted by molar-refractivity contribution is 4.98. The molecule has 0 aromatic carbocycles. The lowest BCUT2D eigenvalue weighted by Gasteiger charge is -2.38. The smallest absolute Gasteiger partial charge is 0.0933 e. The number of rotatable bonds is 6. The minimum atomic E-state index is 0.277. The van der Waals surface area contributed by atoms with Crippen LogP contribution in [-0.2, 0) is 4.74 Å². The van der Waals surface area contributed by atoms with Crippen LogP contribution < -0.4 is 5.32 Å². The Morgan fingerprint density at radius 2 is 1.89 bits per heavy atom. The summed E-state index contributed by atoms with van der Waals surface area (Å²) in [5, 5.41) is 3.24. The number of nitrogens with one attached hydrogen (secondary N) is 1. The molecule has 0 amide bonds. The van der Waals surface area contributed by atoms with Crippen molar-refractivity contribution in [3.63, 3.8) is 0 Å². The molecule has 2 fully saturated rings. The first kappa shape index (κ1) is 17.0. The van der Waals surface area contributed by atoms with Crippen molar-refractivity contribution in [2.24, 2.45) is 11.8 Å². The van der Waals surface area contributed by atoms with Gasteiger partial charge >= 0.3 is 0 Å². The van der Waals surface area contributed by atoms with Gasteiger partial charge in [0.2, 0.25) is 0 Å². The molecular weight excluding hydrogens is 234 g/mol. The summed E-state index contributed by atoms with van der Waals surface area (Å²) in [6.45, 7) is 12.3. The quantitative estimate of drug-likeness (QED) is 0.722. The Morgan fingerprint density at radius 1 is 1.16 bits per heavy atom. The van der Waals surface area contributed by atoms with Gasteiger partial charge in [0.15, 0.2) is 0 Å². The van der Waals surface area contributed by atoms with Crippen molar-refractivity contribution in [3.8, 4) is 0 Å². The first-order chi connectivity index (χ1) is 9.12. The highest BCUT2D eigenvalue weighted by Crippen LogP contribution is 2.32. The molecule has 0 bridgehead atoms. The van der Waals surface area contributed by atoms with Gasteiger partial charge in [0.05, 0.1) is 12.2 Å². The Morgan fingerprint density at radius 3 is 2.26 bits per heavy atom. The van der Waals surface area contributed by atoms with Crippen LogP contribution in [0, 0.1) is 11.8 Å². The molecule has 0 aliphatic carbocycles. The standard InChI is InChI=1S/C10H22.C7H13NO/c1-4-6-7-9-10(3)8-5-2;1-6-2-7(9-3-6)4-8-5-7/h10H,4-9H2,1-3H3;6,8H,2-5H2,1H3. The summed E-state index contributed by atoms with van der Waals surface area (Å²) in [5.74, 6) is 1.75. The van der Waals surface area contributed by atoms with Crippen LogP contribution >= 0.6 is 0 Å². The van der Waals surface area contributed by atoms with E-state index in [1.165, 1.54) is 44.9 Å². The zero-order valence-corrected chi connectivity index (χ0v) is 13.6. The molecule has 114 valence electrons. The fourth-order valence-electron chi connectivity index (χ4n) is 3.10. The molecule has 19 heavy (non-hydrogen) atoms. The molecule has 2 unspecified atom stereocenters. The lowest BCUT2D eigenvalue weighted by Crippen LogP contribution is -2.59.